The van der Waals surface area contributed by atoms with Crippen LogP contribution >= 0.6 is 23.2 Å². The molecule has 0 heterocycles. The van der Waals surface area contributed by atoms with E-state index >= 15 is 0 Å². The zero-order chi connectivity index (χ0) is 14.3. The van der Waals surface area contributed by atoms with Crippen molar-refractivity contribution in [2.45, 2.75) is 18.5 Å². The fraction of sp³-hybridized carbons (Fsp3) is 0.500. The van der Waals surface area contributed by atoms with Crippen molar-refractivity contribution in [3.05, 3.63) is 28.8 Å². The molecule has 7 heteroatoms. The zero-order valence-corrected chi connectivity index (χ0v) is 11.5. The normalized spacial score (nSPS) is 11.6. The molecule has 0 amide bonds. The third-order valence-corrected chi connectivity index (χ3v) is 2.72. The Kier molecular flexibility index (Phi) is 6.75. The fourth-order valence-electron chi connectivity index (χ4n) is 1.34. The average Bonchev–Trinajstić information content (AvgIpc) is 2.33. The highest BCUT2D eigenvalue weighted by Gasteiger charge is 2.27. The number of alkyl halides is 4. The molecule has 0 aliphatic heterocycles. The van der Waals surface area contributed by atoms with Crippen LogP contribution < -0.4 is 4.74 Å². The van der Waals surface area contributed by atoms with Gasteiger partial charge in [0.1, 0.15) is 12.4 Å². The summed E-state index contributed by atoms with van der Waals surface area (Å²) in [4.78, 5) is 0. The minimum Gasteiger partial charge on any atom is -0.492 e. The van der Waals surface area contributed by atoms with Crippen LogP contribution in [0.5, 0.6) is 5.75 Å². The van der Waals surface area contributed by atoms with E-state index in [0.717, 1.165) is 5.56 Å². The van der Waals surface area contributed by atoms with Gasteiger partial charge >= 0.3 is 6.18 Å². The van der Waals surface area contributed by atoms with Gasteiger partial charge in [0, 0.05) is 12.0 Å². The van der Waals surface area contributed by atoms with Crippen molar-refractivity contribution in [2.75, 3.05) is 19.8 Å². The van der Waals surface area contributed by atoms with Gasteiger partial charge in [0.2, 0.25) is 0 Å². The van der Waals surface area contributed by atoms with Crippen LogP contribution in [0.1, 0.15) is 12.0 Å². The molecule has 0 spiro atoms. The highest BCUT2D eigenvalue weighted by Crippen LogP contribution is 2.29. The molecular formula is C12H13Cl2F3O2. The molecule has 0 aromatic heterocycles. The number of hydrogen-bond donors (Lipinski definition) is 0. The molecule has 2 nitrogen and oxygen atoms in total. The van der Waals surface area contributed by atoms with Gasteiger partial charge in [-0.05, 0) is 6.07 Å². The van der Waals surface area contributed by atoms with Crippen LogP contribution in [0.25, 0.3) is 0 Å². The molecule has 1 rings (SSSR count). The third kappa shape index (κ3) is 6.36. The smallest absolute Gasteiger partial charge is 0.411 e. The van der Waals surface area contributed by atoms with Crippen molar-refractivity contribution in [3.8, 4) is 5.75 Å². The summed E-state index contributed by atoms with van der Waals surface area (Å²) in [5.41, 5.74) is 0.741. The second-order valence-electron chi connectivity index (χ2n) is 3.73. The van der Waals surface area contributed by atoms with Gasteiger partial charge in [-0.2, -0.15) is 13.2 Å². The number of rotatable bonds is 7. The summed E-state index contributed by atoms with van der Waals surface area (Å²) >= 11 is 11.7. The number of hydrogen-bond acceptors (Lipinski definition) is 2. The number of para-hydroxylation sites is 1. The van der Waals surface area contributed by atoms with E-state index in [4.69, 9.17) is 27.9 Å². The van der Waals surface area contributed by atoms with Crippen molar-refractivity contribution in [2.24, 2.45) is 0 Å². The molecule has 1 aromatic carbocycles. The lowest BCUT2D eigenvalue weighted by Gasteiger charge is -2.12. The second-order valence-corrected chi connectivity index (χ2v) is 4.41. The lowest BCUT2D eigenvalue weighted by atomic mass is 10.2. The van der Waals surface area contributed by atoms with E-state index in [9.17, 15) is 13.2 Å². The molecular weight excluding hydrogens is 304 g/mol. The summed E-state index contributed by atoms with van der Waals surface area (Å²) in [6, 6.07) is 5.18. The van der Waals surface area contributed by atoms with Crippen molar-refractivity contribution < 1.29 is 22.6 Å². The highest BCUT2D eigenvalue weighted by atomic mass is 35.5. The maximum atomic E-state index is 11.8. The first-order valence-corrected chi connectivity index (χ1v) is 6.46. The van der Waals surface area contributed by atoms with Crippen LogP contribution in [0.4, 0.5) is 13.2 Å². The Morgan fingerprint density at radius 3 is 2.53 bits per heavy atom. The first-order chi connectivity index (χ1) is 8.94. The van der Waals surface area contributed by atoms with E-state index in [1.807, 2.05) is 0 Å². The van der Waals surface area contributed by atoms with Crippen molar-refractivity contribution in [3.63, 3.8) is 0 Å². The van der Waals surface area contributed by atoms with Crippen molar-refractivity contribution in [1.29, 1.82) is 0 Å². The molecule has 0 aliphatic rings. The number of ether oxygens (including phenoxy) is 2. The van der Waals surface area contributed by atoms with E-state index in [2.05, 4.69) is 4.74 Å². The maximum absolute atomic E-state index is 11.8. The number of halogens is 5. The molecule has 1 aromatic rings. The van der Waals surface area contributed by atoms with Gasteiger partial charge in [0.05, 0.1) is 24.1 Å². The topological polar surface area (TPSA) is 18.5 Å². The Balaban J connectivity index is 2.30. The van der Waals surface area contributed by atoms with E-state index in [1.54, 1.807) is 18.2 Å². The lowest BCUT2D eigenvalue weighted by Crippen LogP contribution is -2.18. The largest absolute Gasteiger partial charge is 0.492 e. The van der Waals surface area contributed by atoms with Gasteiger partial charge in [-0.1, -0.05) is 23.7 Å². The standard InChI is InChI=1S/C12H13Cl2F3O2/c13-7-9-3-1-4-10(14)11(9)19-6-2-5-18-8-12(15,16)17/h1,3-4H,2,5-8H2. The molecule has 0 N–H and O–H groups in total. The van der Waals surface area contributed by atoms with Crippen molar-refractivity contribution >= 4 is 23.2 Å². The zero-order valence-electron chi connectivity index (χ0n) is 9.97. The summed E-state index contributed by atoms with van der Waals surface area (Å²) in [6.45, 7) is -1.06. The van der Waals surface area contributed by atoms with Crippen LogP contribution in [0.3, 0.4) is 0 Å². The van der Waals surface area contributed by atoms with Gasteiger partial charge in [-0.3, -0.25) is 0 Å². The summed E-state index contributed by atoms with van der Waals surface area (Å²) < 4.78 is 45.3. The molecule has 0 saturated carbocycles. The van der Waals surface area contributed by atoms with E-state index < -0.39 is 12.8 Å². The van der Waals surface area contributed by atoms with E-state index in [1.165, 1.54) is 0 Å². The summed E-state index contributed by atoms with van der Waals surface area (Å²) in [5.74, 6) is 0.718. The van der Waals surface area contributed by atoms with Crippen LogP contribution in [0, 0.1) is 0 Å². The molecule has 0 fully saturated rings. The van der Waals surface area contributed by atoms with Crippen LogP contribution in [-0.2, 0) is 10.6 Å². The third-order valence-electron chi connectivity index (χ3n) is 2.14. The number of benzene rings is 1. The Hall–Kier alpha value is -0.650. The molecule has 0 atom stereocenters. The van der Waals surface area contributed by atoms with Gasteiger partial charge in [-0.15, -0.1) is 11.6 Å². The monoisotopic (exact) mass is 316 g/mol. The Morgan fingerprint density at radius 2 is 1.89 bits per heavy atom. The summed E-state index contributed by atoms with van der Waals surface area (Å²) in [7, 11) is 0. The minimum atomic E-state index is -4.30. The Bertz CT molecular complexity index is 397. The lowest BCUT2D eigenvalue weighted by molar-refractivity contribution is -0.174. The first-order valence-electron chi connectivity index (χ1n) is 5.54. The van der Waals surface area contributed by atoms with Crippen molar-refractivity contribution in [1.82, 2.24) is 0 Å². The maximum Gasteiger partial charge on any atom is 0.411 e. The van der Waals surface area contributed by atoms with Crippen LogP contribution in [-0.4, -0.2) is 26.0 Å². The molecule has 0 bridgehead atoms. The van der Waals surface area contributed by atoms with Gasteiger partial charge in [-0.25, -0.2) is 0 Å². The first kappa shape index (κ1) is 16.4. The molecule has 0 aliphatic carbocycles. The van der Waals surface area contributed by atoms with E-state index in [-0.39, 0.29) is 19.1 Å². The fourth-order valence-corrected chi connectivity index (χ4v) is 1.80. The van der Waals surface area contributed by atoms with Crippen LogP contribution in [0.15, 0.2) is 18.2 Å². The van der Waals surface area contributed by atoms with E-state index in [0.29, 0.717) is 17.2 Å². The summed E-state index contributed by atoms with van der Waals surface area (Å²) in [6.07, 6.45) is -3.96. The molecule has 0 unspecified atom stereocenters. The van der Waals surface area contributed by atoms with Gasteiger partial charge < -0.3 is 9.47 Å². The van der Waals surface area contributed by atoms with Crippen LogP contribution in [0.2, 0.25) is 5.02 Å². The molecule has 108 valence electrons. The summed E-state index contributed by atoms with van der Waals surface area (Å²) in [5, 5.41) is 0.425. The molecule has 0 radical (unpaired) electrons. The Labute approximate surface area is 119 Å². The minimum absolute atomic E-state index is 0.0276. The quantitative estimate of drug-likeness (QED) is 0.547. The van der Waals surface area contributed by atoms with Gasteiger partial charge in [0.15, 0.2) is 0 Å². The highest BCUT2D eigenvalue weighted by molar-refractivity contribution is 6.32. The predicted molar refractivity (Wildman–Crippen MR) is 68.0 cm³/mol. The Morgan fingerprint density at radius 1 is 1.16 bits per heavy atom. The molecule has 0 saturated heterocycles. The SMILES string of the molecule is FC(F)(F)COCCCOc1c(Cl)cccc1CCl. The predicted octanol–water partition coefficient (Wildman–Crippen LogP) is 4.43. The molecule has 19 heavy (non-hydrogen) atoms. The average molecular weight is 317 g/mol. The second kappa shape index (κ2) is 7.82. The van der Waals surface area contributed by atoms with Gasteiger partial charge in [0.25, 0.3) is 0 Å².